The highest BCUT2D eigenvalue weighted by atomic mass is 16.6. The van der Waals surface area contributed by atoms with Gasteiger partial charge in [-0.1, -0.05) is 30.3 Å². The van der Waals surface area contributed by atoms with Crippen molar-refractivity contribution in [1.29, 1.82) is 0 Å². The summed E-state index contributed by atoms with van der Waals surface area (Å²) in [7, 11) is 3.02. The SMILES string of the molecule is COc1ccc(C(=O)Oc2ccc(/C=N\NC(=O)COc3ccc4ccccc4c3)cc2OC)cc1. The van der Waals surface area contributed by atoms with Crippen molar-refractivity contribution >= 4 is 28.9 Å². The van der Waals surface area contributed by atoms with Crippen LogP contribution in [0.4, 0.5) is 0 Å². The zero-order chi connectivity index (χ0) is 25.3. The number of fused-ring (bicyclic) bond motifs is 1. The summed E-state index contributed by atoms with van der Waals surface area (Å²) in [5.41, 5.74) is 3.43. The van der Waals surface area contributed by atoms with Gasteiger partial charge in [-0.2, -0.15) is 5.10 Å². The molecule has 4 aromatic carbocycles. The van der Waals surface area contributed by atoms with Crippen LogP contribution in [-0.2, 0) is 4.79 Å². The third-order valence-electron chi connectivity index (χ3n) is 5.21. The van der Waals surface area contributed by atoms with Gasteiger partial charge in [0.25, 0.3) is 5.91 Å². The molecule has 8 heteroatoms. The first-order valence-corrected chi connectivity index (χ1v) is 11.0. The molecule has 1 amide bonds. The molecular weight excluding hydrogens is 460 g/mol. The average molecular weight is 485 g/mol. The first-order chi connectivity index (χ1) is 17.6. The Morgan fingerprint density at radius 3 is 2.31 bits per heavy atom. The molecule has 0 heterocycles. The fourth-order valence-electron chi connectivity index (χ4n) is 3.35. The van der Waals surface area contributed by atoms with Crippen molar-refractivity contribution in [3.63, 3.8) is 0 Å². The summed E-state index contributed by atoms with van der Waals surface area (Å²) in [6.07, 6.45) is 1.45. The Morgan fingerprint density at radius 2 is 1.56 bits per heavy atom. The molecule has 0 saturated carbocycles. The minimum atomic E-state index is -0.531. The number of hydrogen-bond donors (Lipinski definition) is 1. The van der Waals surface area contributed by atoms with E-state index in [1.54, 1.807) is 49.6 Å². The van der Waals surface area contributed by atoms with Gasteiger partial charge in [0.15, 0.2) is 18.1 Å². The number of amides is 1. The second kappa shape index (κ2) is 11.5. The Morgan fingerprint density at radius 1 is 0.806 bits per heavy atom. The van der Waals surface area contributed by atoms with Crippen molar-refractivity contribution in [3.8, 4) is 23.0 Å². The fraction of sp³-hybridized carbons (Fsp3) is 0.107. The predicted octanol–water partition coefficient (Wildman–Crippen LogP) is 4.61. The average Bonchev–Trinajstić information content (AvgIpc) is 2.92. The van der Waals surface area contributed by atoms with Crippen LogP contribution in [0.25, 0.3) is 10.8 Å². The number of benzene rings is 4. The Kier molecular flexibility index (Phi) is 7.77. The maximum Gasteiger partial charge on any atom is 0.343 e. The lowest BCUT2D eigenvalue weighted by atomic mass is 10.1. The lowest BCUT2D eigenvalue weighted by Crippen LogP contribution is -2.24. The summed E-state index contributed by atoms with van der Waals surface area (Å²) >= 11 is 0. The summed E-state index contributed by atoms with van der Waals surface area (Å²) in [5.74, 6) is 0.889. The van der Waals surface area contributed by atoms with Crippen molar-refractivity contribution in [3.05, 3.63) is 96.1 Å². The van der Waals surface area contributed by atoms with E-state index in [1.807, 2.05) is 42.5 Å². The molecule has 0 unspecified atom stereocenters. The van der Waals surface area contributed by atoms with Gasteiger partial charge in [-0.05, 0) is 70.9 Å². The maximum atomic E-state index is 12.4. The van der Waals surface area contributed by atoms with E-state index in [4.69, 9.17) is 18.9 Å². The first kappa shape index (κ1) is 24.3. The predicted molar refractivity (Wildman–Crippen MR) is 136 cm³/mol. The number of nitrogens with zero attached hydrogens (tertiary/aromatic N) is 1. The van der Waals surface area contributed by atoms with Crippen molar-refractivity contribution in [2.24, 2.45) is 5.10 Å². The summed E-state index contributed by atoms with van der Waals surface area (Å²) in [4.78, 5) is 24.5. The molecule has 0 fully saturated rings. The molecule has 0 aromatic heterocycles. The van der Waals surface area contributed by atoms with Crippen molar-refractivity contribution < 1.29 is 28.5 Å². The zero-order valence-electron chi connectivity index (χ0n) is 19.8. The normalized spacial score (nSPS) is 10.7. The Labute approximate surface area is 208 Å². The van der Waals surface area contributed by atoms with Gasteiger partial charge in [0.05, 0.1) is 26.0 Å². The van der Waals surface area contributed by atoms with Gasteiger partial charge in [-0.15, -0.1) is 0 Å². The van der Waals surface area contributed by atoms with E-state index in [2.05, 4.69) is 10.5 Å². The third kappa shape index (κ3) is 6.18. The van der Waals surface area contributed by atoms with Gasteiger partial charge >= 0.3 is 5.97 Å². The van der Waals surface area contributed by atoms with Gasteiger partial charge < -0.3 is 18.9 Å². The number of rotatable bonds is 9. The van der Waals surface area contributed by atoms with Crippen LogP contribution >= 0.6 is 0 Å². The molecule has 0 atom stereocenters. The molecule has 0 radical (unpaired) electrons. The van der Waals surface area contributed by atoms with Crippen molar-refractivity contribution in [1.82, 2.24) is 5.43 Å². The fourth-order valence-corrected chi connectivity index (χ4v) is 3.35. The Balaban J connectivity index is 1.31. The lowest BCUT2D eigenvalue weighted by Gasteiger charge is -2.10. The van der Waals surface area contributed by atoms with Gasteiger partial charge in [-0.25, -0.2) is 10.2 Å². The van der Waals surface area contributed by atoms with Crippen LogP contribution in [0.5, 0.6) is 23.0 Å². The molecule has 4 aromatic rings. The molecular formula is C28H24N2O6. The number of esters is 1. The molecule has 0 saturated heterocycles. The van der Waals surface area contributed by atoms with Crippen molar-refractivity contribution in [2.45, 2.75) is 0 Å². The van der Waals surface area contributed by atoms with E-state index < -0.39 is 11.9 Å². The van der Waals surface area contributed by atoms with Crippen LogP contribution in [0.15, 0.2) is 90.0 Å². The highest BCUT2D eigenvalue weighted by molar-refractivity contribution is 5.92. The van der Waals surface area contributed by atoms with E-state index in [0.29, 0.717) is 28.4 Å². The van der Waals surface area contributed by atoms with Crippen LogP contribution in [0.3, 0.4) is 0 Å². The third-order valence-corrected chi connectivity index (χ3v) is 5.21. The number of hydrogen-bond acceptors (Lipinski definition) is 7. The number of carbonyl (C=O) groups is 2. The summed E-state index contributed by atoms with van der Waals surface area (Å²) < 4.78 is 21.4. The molecule has 0 bridgehead atoms. The first-order valence-electron chi connectivity index (χ1n) is 11.0. The second-order valence-corrected chi connectivity index (χ2v) is 7.62. The van der Waals surface area contributed by atoms with Crippen LogP contribution in [-0.4, -0.2) is 38.9 Å². The minimum Gasteiger partial charge on any atom is -0.497 e. The molecule has 4 rings (SSSR count). The summed E-state index contributed by atoms with van der Waals surface area (Å²) in [6, 6.07) is 25.0. The monoisotopic (exact) mass is 484 g/mol. The highest BCUT2D eigenvalue weighted by Gasteiger charge is 2.13. The summed E-state index contributed by atoms with van der Waals surface area (Å²) in [5, 5.41) is 6.08. The van der Waals surface area contributed by atoms with E-state index >= 15 is 0 Å². The van der Waals surface area contributed by atoms with Crippen LogP contribution in [0, 0.1) is 0 Å². The topological polar surface area (TPSA) is 95.5 Å². The van der Waals surface area contributed by atoms with Crippen molar-refractivity contribution in [2.75, 3.05) is 20.8 Å². The van der Waals surface area contributed by atoms with Crippen LogP contribution in [0.2, 0.25) is 0 Å². The zero-order valence-corrected chi connectivity index (χ0v) is 19.8. The summed E-state index contributed by atoms with van der Waals surface area (Å²) in [6.45, 7) is -0.181. The number of carbonyl (C=O) groups excluding carboxylic acids is 2. The van der Waals surface area contributed by atoms with Gasteiger partial charge in [-0.3, -0.25) is 4.79 Å². The second-order valence-electron chi connectivity index (χ2n) is 7.62. The molecule has 182 valence electrons. The molecule has 1 N–H and O–H groups in total. The largest absolute Gasteiger partial charge is 0.497 e. The maximum absolute atomic E-state index is 12.4. The molecule has 0 aliphatic rings. The number of nitrogens with one attached hydrogen (secondary N) is 1. The molecule has 0 aliphatic carbocycles. The molecule has 0 aliphatic heterocycles. The molecule has 0 spiro atoms. The van der Waals surface area contributed by atoms with Crippen LogP contribution < -0.4 is 24.4 Å². The number of ether oxygens (including phenoxy) is 4. The van der Waals surface area contributed by atoms with E-state index in [9.17, 15) is 9.59 Å². The smallest absolute Gasteiger partial charge is 0.343 e. The van der Waals surface area contributed by atoms with E-state index in [1.165, 1.54) is 13.3 Å². The minimum absolute atomic E-state index is 0.181. The van der Waals surface area contributed by atoms with Gasteiger partial charge in [0, 0.05) is 0 Å². The number of methoxy groups -OCH3 is 2. The quantitative estimate of drug-likeness (QED) is 0.161. The Bertz CT molecular complexity index is 1400. The standard InChI is InChI=1S/C28H24N2O6/c1-33-23-11-9-21(10-12-23)28(32)36-25-14-7-19(15-26(25)34-2)17-29-30-27(31)18-35-24-13-8-20-5-3-4-6-22(20)16-24/h3-17H,18H2,1-2H3,(H,30,31)/b29-17-. The van der Waals surface area contributed by atoms with E-state index in [0.717, 1.165) is 10.8 Å². The highest BCUT2D eigenvalue weighted by Crippen LogP contribution is 2.28. The molecule has 8 nitrogen and oxygen atoms in total. The van der Waals surface area contributed by atoms with Gasteiger partial charge in [0.1, 0.15) is 11.5 Å². The van der Waals surface area contributed by atoms with Gasteiger partial charge in [0.2, 0.25) is 0 Å². The number of hydrazone groups is 1. The molecule has 36 heavy (non-hydrogen) atoms. The Hall–Kier alpha value is -4.85. The van der Waals surface area contributed by atoms with Crippen LogP contribution in [0.1, 0.15) is 15.9 Å². The van der Waals surface area contributed by atoms with E-state index in [-0.39, 0.29) is 12.4 Å². The lowest BCUT2D eigenvalue weighted by molar-refractivity contribution is -0.123.